The molecule has 6 heteroatoms. The molecule has 0 unspecified atom stereocenters. The lowest BCUT2D eigenvalue weighted by atomic mass is 9.49. The average molecular weight is 261 g/mol. The van der Waals surface area contributed by atoms with Gasteiger partial charge < -0.3 is 9.47 Å². The van der Waals surface area contributed by atoms with Gasteiger partial charge in [-0.2, -0.15) is 15.8 Å². The Hall–Kier alpha value is -2.10. The van der Waals surface area contributed by atoms with Crippen LogP contribution >= 0.6 is 0 Å². The molecule has 0 aromatic carbocycles. The van der Waals surface area contributed by atoms with E-state index in [9.17, 15) is 20.6 Å². The van der Waals surface area contributed by atoms with E-state index in [0.717, 1.165) is 7.11 Å². The van der Waals surface area contributed by atoms with Crippen LogP contribution in [0.15, 0.2) is 0 Å². The third-order valence-electron chi connectivity index (χ3n) is 3.36. The maximum atomic E-state index is 11.8. The van der Waals surface area contributed by atoms with E-state index in [4.69, 9.17) is 4.74 Å². The van der Waals surface area contributed by atoms with Gasteiger partial charge in [0.15, 0.2) is 10.8 Å². The molecule has 0 spiro atoms. The van der Waals surface area contributed by atoms with Crippen molar-refractivity contribution >= 4 is 5.97 Å². The van der Waals surface area contributed by atoms with Gasteiger partial charge in [0.2, 0.25) is 0 Å². The molecule has 100 valence electrons. The lowest BCUT2D eigenvalue weighted by Crippen LogP contribution is -2.64. The van der Waals surface area contributed by atoms with Gasteiger partial charge in [0, 0.05) is 13.0 Å². The van der Waals surface area contributed by atoms with Crippen LogP contribution < -0.4 is 0 Å². The summed E-state index contributed by atoms with van der Waals surface area (Å²) in [5.41, 5.74) is -3.56. The van der Waals surface area contributed by atoms with Crippen molar-refractivity contribution in [3.05, 3.63) is 0 Å². The Morgan fingerprint density at radius 2 is 1.89 bits per heavy atom. The number of carbonyl (C=O) groups excluding carboxylic acids is 1. The Bertz CT molecular complexity index is 481. The average Bonchev–Trinajstić information content (AvgIpc) is 2.39. The number of hydrogen-bond donors (Lipinski definition) is 0. The van der Waals surface area contributed by atoms with E-state index in [1.54, 1.807) is 18.2 Å². The molecule has 0 amide bonds. The Morgan fingerprint density at radius 3 is 2.26 bits per heavy atom. The Morgan fingerprint density at radius 1 is 1.32 bits per heavy atom. The topological polar surface area (TPSA) is 107 Å². The third kappa shape index (κ3) is 1.93. The van der Waals surface area contributed by atoms with Gasteiger partial charge in [-0.05, 0) is 5.92 Å². The van der Waals surface area contributed by atoms with Crippen LogP contribution in [0.1, 0.15) is 20.3 Å². The van der Waals surface area contributed by atoms with Crippen molar-refractivity contribution in [2.75, 3.05) is 13.7 Å². The summed E-state index contributed by atoms with van der Waals surface area (Å²) < 4.78 is 10.0. The molecule has 0 heterocycles. The number of esters is 1. The van der Waals surface area contributed by atoms with E-state index < -0.39 is 22.9 Å². The van der Waals surface area contributed by atoms with Gasteiger partial charge in [-0.1, -0.05) is 13.8 Å². The second-order valence-electron chi connectivity index (χ2n) is 4.96. The summed E-state index contributed by atoms with van der Waals surface area (Å²) in [6.07, 6.45) is -0.743. The second-order valence-corrected chi connectivity index (χ2v) is 4.96. The molecule has 2 atom stereocenters. The molecule has 1 saturated carbocycles. The predicted octanol–water partition coefficient (Wildman–Crippen LogP) is 1.15. The van der Waals surface area contributed by atoms with Gasteiger partial charge in [0.1, 0.15) is 0 Å². The van der Waals surface area contributed by atoms with Crippen molar-refractivity contribution in [2.24, 2.45) is 16.7 Å². The van der Waals surface area contributed by atoms with Crippen molar-refractivity contribution in [3.63, 3.8) is 0 Å². The van der Waals surface area contributed by atoms with Crippen LogP contribution in [0.3, 0.4) is 0 Å². The summed E-state index contributed by atoms with van der Waals surface area (Å²) in [7, 11) is 1.13. The highest BCUT2D eigenvalue weighted by atomic mass is 16.5. The van der Waals surface area contributed by atoms with Crippen molar-refractivity contribution < 1.29 is 14.3 Å². The van der Waals surface area contributed by atoms with Gasteiger partial charge >= 0.3 is 5.97 Å². The first-order valence-corrected chi connectivity index (χ1v) is 5.88. The van der Waals surface area contributed by atoms with E-state index in [1.165, 1.54) is 0 Å². The fourth-order valence-electron chi connectivity index (χ4n) is 2.19. The van der Waals surface area contributed by atoms with Gasteiger partial charge in [0.05, 0.1) is 31.4 Å². The zero-order valence-corrected chi connectivity index (χ0v) is 11.1. The molecule has 0 aliphatic heterocycles. The molecule has 1 fully saturated rings. The van der Waals surface area contributed by atoms with Crippen LogP contribution in [-0.2, 0) is 14.3 Å². The van der Waals surface area contributed by atoms with Gasteiger partial charge in [-0.25, -0.2) is 0 Å². The SMILES string of the molecule is COC(=O)[C@]1(C#N)C[C@@H](OCC(C)C)C1(C#N)C#N. The number of carbonyl (C=O) groups is 1. The molecule has 0 aromatic heterocycles. The second kappa shape index (κ2) is 5.26. The van der Waals surface area contributed by atoms with Crippen molar-refractivity contribution in [3.8, 4) is 18.2 Å². The van der Waals surface area contributed by atoms with Gasteiger partial charge in [-0.15, -0.1) is 0 Å². The van der Waals surface area contributed by atoms with Crippen LogP contribution in [0.2, 0.25) is 0 Å². The fourth-order valence-corrected chi connectivity index (χ4v) is 2.19. The predicted molar refractivity (Wildman–Crippen MR) is 62.9 cm³/mol. The van der Waals surface area contributed by atoms with E-state index in [1.807, 2.05) is 13.8 Å². The van der Waals surface area contributed by atoms with E-state index >= 15 is 0 Å². The lowest BCUT2D eigenvalue weighted by Gasteiger charge is -2.49. The number of methoxy groups -OCH3 is 1. The van der Waals surface area contributed by atoms with Crippen molar-refractivity contribution in [1.29, 1.82) is 15.8 Å². The molecule has 19 heavy (non-hydrogen) atoms. The van der Waals surface area contributed by atoms with E-state index in [0.29, 0.717) is 6.61 Å². The molecule has 0 aromatic rings. The van der Waals surface area contributed by atoms with Crippen LogP contribution in [0.5, 0.6) is 0 Å². The largest absolute Gasteiger partial charge is 0.468 e. The summed E-state index contributed by atoms with van der Waals surface area (Å²) in [5.74, 6) is -0.632. The molecular formula is C13H15N3O3. The Kier molecular flexibility index (Phi) is 4.14. The third-order valence-corrected chi connectivity index (χ3v) is 3.36. The van der Waals surface area contributed by atoms with Crippen LogP contribution in [-0.4, -0.2) is 25.8 Å². The van der Waals surface area contributed by atoms with Crippen LogP contribution in [0.4, 0.5) is 0 Å². The maximum Gasteiger partial charge on any atom is 0.329 e. The standard InChI is InChI=1S/C13H15N3O3/c1-9(2)5-19-10-4-12(6-14,11(17)18-3)13(10,7-15)8-16/h9-10H,4-5H2,1-3H3/t10-,12-/m1/s1. The summed E-state index contributed by atoms with van der Waals surface area (Å²) in [4.78, 5) is 11.8. The Balaban J connectivity index is 3.09. The number of nitrogens with zero attached hydrogens (tertiary/aromatic N) is 3. The molecule has 1 aliphatic rings. The van der Waals surface area contributed by atoms with Gasteiger partial charge in [-0.3, -0.25) is 4.79 Å². The number of hydrogen-bond acceptors (Lipinski definition) is 6. The van der Waals surface area contributed by atoms with Gasteiger partial charge in [0.25, 0.3) is 0 Å². The smallest absolute Gasteiger partial charge is 0.329 e. The molecule has 1 aliphatic carbocycles. The minimum Gasteiger partial charge on any atom is -0.468 e. The fraction of sp³-hybridized carbons (Fsp3) is 0.692. The first-order chi connectivity index (χ1) is 8.94. The Labute approximate surface area is 112 Å². The molecule has 6 nitrogen and oxygen atoms in total. The van der Waals surface area contributed by atoms with Crippen LogP contribution in [0.25, 0.3) is 0 Å². The van der Waals surface area contributed by atoms with Crippen molar-refractivity contribution in [2.45, 2.75) is 26.4 Å². The highest BCUT2D eigenvalue weighted by molar-refractivity contribution is 5.85. The molecule has 0 radical (unpaired) electrons. The minimum atomic E-state index is -1.80. The summed E-state index contributed by atoms with van der Waals surface area (Å²) in [6, 6.07) is 5.35. The normalized spacial score (nSPS) is 27.5. The molecule has 0 saturated heterocycles. The number of nitriles is 3. The molecule has 0 N–H and O–H groups in total. The maximum absolute atomic E-state index is 11.8. The monoisotopic (exact) mass is 261 g/mol. The number of ether oxygens (including phenoxy) is 2. The minimum absolute atomic E-state index is 0.00398. The summed E-state index contributed by atoms with van der Waals surface area (Å²) in [6.45, 7) is 4.21. The molecule has 1 rings (SSSR count). The highest BCUT2D eigenvalue weighted by Crippen LogP contribution is 2.58. The summed E-state index contributed by atoms with van der Waals surface area (Å²) in [5, 5.41) is 27.8. The lowest BCUT2D eigenvalue weighted by molar-refractivity contribution is -0.184. The zero-order valence-electron chi connectivity index (χ0n) is 11.1. The highest BCUT2D eigenvalue weighted by Gasteiger charge is 2.74. The first kappa shape index (κ1) is 15.0. The molecule has 0 bridgehead atoms. The molecular weight excluding hydrogens is 246 g/mol. The van der Waals surface area contributed by atoms with Crippen molar-refractivity contribution in [1.82, 2.24) is 0 Å². The quantitative estimate of drug-likeness (QED) is 0.702. The number of rotatable bonds is 4. The summed E-state index contributed by atoms with van der Waals surface area (Å²) >= 11 is 0. The first-order valence-electron chi connectivity index (χ1n) is 5.88. The zero-order chi connectivity index (χ0) is 14.7. The van der Waals surface area contributed by atoms with E-state index in [-0.39, 0.29) is 12.3 Å². The van der Waals surface area contributed by atoms with E-state index in [2.05, 4.69) is 4.74 Å². The van der Waals surface area contributed by atoms with Crippen LogP contribution in [0, 0.1) is 50.7 Å².